The van der Waals surface area contributed by atoms with Crippen molar-refractivity contribution in [2.75, 3.05) is 0 Å². The highest BCUT2D eigenvalue weighted by Crippen LogP contribution is 2.42. The zero-order valence-corrected chi connectivity index (χ0v) is 17.1. The molecule has 2 aliphatic carbocycles. The lowest BCUT2D eigenvalue weighted by Gasteiger charge is -2.39. The van der Waals surface area contributed by atoms with Crippen LogP contribution < -0.4 is 0 Å². The van der Waals surface area contributed by atoms with E-state index < -0.39 is 0 Å². The monoisotopic (exact) mass is 350 g/mol. The molecule has 1 spiro atoms. The fourth-order valence-electron chi connectivity index (χ4n) is 5.42. The van der Waals surface area contributed by atoms with E-state index in [0.717, 1.165) is 6.42 Å². The standard InChI is InChI=1S/C24H46O/c25-23-19-15-11-7-3-1-4-8-12-16-20-24(23)21-17-13-9-5-2-6-10-14-18-22-24/h23,25H,1-22H2. The lowest BCUT2D eigenvalue weighted by molar-refractivity contribution is -0.00894. The fourth-order valence-corrected chi connectivity index (χ4v) is 5.42. The summed E-state index contributed by atoms with van der Waals surface area (Å²) in [5.74, 6) is 0. The van der Waals surface area contributed by atoms with E-state index in [2.05, 4.69) is 0 Å². The van der Waals surface area contributed by atoms with Crippen LogP contribution in [0.25, 0.3) is 0 Å². The molecule has 2 saturated carbocycles. The molecule has 0 heterocycles. The van der Waals surface area contributed by atoms with Gasteiger partial charge in [-0.3, -0.25) is 0 Å². The van der Waals surface area contributed by atoms with Crippen molar-refractivity contribution < 1.29 is 5.11 Å². The van der Waals surface area contributed by atoms with Crippen molar-refractivity contribution in [1.82, 2.24) is 0 Å². The molecule has 2 fully saturated rings. The van der Waals surface area contributed by atoms with Crippen LogP contribution >= 0.6 is 0 Å². The molecule has 1 heteroatoms. The van der Waals surface area contributed by atoms with E-state index in [1.165, 1.54) is 135 Å². The van der Waals surface area contributed by atoms with E-state index in [9.17, 15) is 5.11 Å². The van der Waals surface area contributed by atoms with Crippen LogP contribution in [0.3, 0.4) is 0 Å². The van der Waals surface area contributed by atoms with Crippen molar-refractivity contribution in [3.8, 4) is 0 Å². The van der Waals surface area contributed by atoms with Crippen LogP contribution in [0, 0.1) is 5.41 Å². The highest BCUT2D eigenvalue weighted by atomic mass is 16.3. The van der Waals surface area contributed by atoms with Gasteiger partial charge in [-0.05, 0) is 31.1 Å². The predicted octanol–water partition coefficient (Wildman–Crippen LogP) is 7.94. The van der Waals surface area contributed by atoms with Gasteiger partial charge in [-0.1, -0.05) is 116 Å². The predicted molar refractivity (Wildman–Crippen MR) is 110 cm³/mol. The van der Waals surface area contributed by atoms with Crippen molar-refractivity contribution in [2.24, 2.45) is 5.41 Å². The van der Waals surface area contributed by atoms with Crippen LogP contribution in [0.4, 0.5) is 0 Å². The number of hydrogen-bond donors (Lipinski definition) is 1. The second kappa shape index (κ2) is 13.2. The molecule has 0 aromatic carbocycles. The molecular weight excluding hydrogens is 304 g/mol. The molecule has 0 aliphatic heterocycles. The molecule has 0 aromatic heterocycles. The Labute approximate surface area is 158 Å². The molecule has 0 bridgehead atoms. The van der Waals surface area contributed by atoms with Crippen LogP contribution in [-0.2, 0) is 0 Å². The lowest BCUT2D eigenvalue weighted by atomic mass is 9.68. The first-order chi connectivity index (χ1) is 12.3. The Balaban J connectivity index is 1.99. The Morgan fingerprint density at radius 1 is 0.400 bits per heavy atom. The Bertz CT molecular complexity index is 299. The van der Waals surface area contributed by atoms with E-state index in [-0.39, 0.29) is 11.5 Å². The Morgan fingerprint density at radius 2 is 0.680 bits per heavy atom. The van der Waals surface area contributed by atoms with E-state index >= 15 is 0 Å². The van der Waals surface area contributed by atoms with Gasteiger partial charge in [-0.15, -0.1) is 0 Å². The molecule has 148 valence electrons. The van der Waals surface area contributed by atoms with E-state index in [1.807, 2.05) is 0 Å². The normalized spacial score (nSPS) is 29.4. The zero-order valence-electron chi connectivity index (χ0n) is 17.1. The number of aliphatic hydroxyl groups is 1. The molecule has 1 atom stereocenters. The van der Waals surface area contributed by atoms with Crippen LogP contribution in [0.1, 0.15) is 141 Å². The van der Waals surface area contributed by atoms with Gasteiger partial charge in [0.05, 0.1) is 6.10 Å². The first kappa shape index (κ1) is 21.3. The summed E-state index contributed by atoms with van der Waals surface area (Å²) < 4.78 is 0. The summed E-state index contributed by atoms with van der Waals surface area (Å²) in [6.45, 7) is 0. The second-order valence-corrected chi connectivity index (χ2v) is 9.28. The Morgan fingerprint density at radius 3 is 1.04 bits per heavy atom. The van der Waals surface area contributed by atoms with Crippen LogP contribution in [-0.4, -0.2) is 11.2 Å². The van der Waals surface area contributed by atoms with E-state index in [0.29, 0.717) is 0 Å². The molecule has 25 heavy (non-hydrogen) atoms. The number of hydrogen-bond acceptors (Lipinski definition) is 1. The second-order valence-electron chi connectivity index (χ2n) is 9.28. The highest BCUT2D eigenvalue weighted by Gasteiger charge is 2.36. The topological polar surface area (TPSA) is 20.2 Å². The zero-order chi connectivity index (χ0) is 17.6. The van der Waals surface area contributed by atoms with E-state index in [1.54, 1.807) is 0 Å². The SMILES string of the molecule is OC1CCCCCCCCCCCC12CCCCCCCCCCC2. The van der Waals surface area contributed by atoms with E-state index in [4.69, 9.17) is 0 Å². The maximum Gasteiger partial charge on any atom is 0.0596 e. The van der Waals surface area contributed by atoms with Gasteiger partial charge in [0.25, 0.3) is 0 Å². The number of rotatable bonds is 0. The molecular formula is C24H46O. The van der Waals surface area contributed by atoms with Gasteiger partial charge < -0.3 is 5.11 Å². The summed E-state index contributed by atoms with van der Waals surface area (Å²) in [5.41, 5.74) is 0.257. The molecule has 0 aromatic rings. The maximum atomic E-state index is 11.2. The fraction of sp³-hybridized carbons (Fsp3) is 1.00. The summed E-state index contributed by atoms with van der Waals surface area (Å²) in [4.78, 5) is 0. The van der Waals surface area contributed by atoms with Gasteiger partial charge in [0.2, 0.25) is 0 Å². The third kappa shape index (κ3) is 8.46. The smallest absolute Gasteiger partial charge is 0.0596 e. The minimum absolute atomic E-state index is 0.0313. The average Bonchev–Trinajstić information content (AvgIpc) is 2.62. The van der Waals surface area contributed by atoms with Crippen LogP contribution in [0.2, 0.25) is 0 Å². The summed E-state index contributed by atoms with van der Waals surface area (Å²) >= 11 is 0. The molecule has 1 unspecified atom stereocenters. The molecule has 0 radical (unpaired) electrons. The quantitative estimate of drug-likeness (QED) is 0.470. The molecule has 2 rings (SSSR count). The summed E-state index contributed by atoms with van der Waals surface area (Å²) in [5, 5.41) is 11.2. The average molecular weight is 351 g/mol. The Kier molecular flexibility index (Phi) is 11.2. The molecule has 1 nitrogen and oxygen atoms in total. The van der Waals surface area contributed by atoms with Gasteiger partial charge in [0, 0.05) is 0 Å². The van der Waals surface area contributed by atoms with Gasteiger partial charge in [-0.25, -0.2) is 0 Å². The van der Waals surface area contributed by atoms with Crippen molar-refractivity contribution >= 4 is 0 Å². The van der Waals surface area contributed by atoms with Gasteiger partial charge in [0.1, 0.15) is 0 Å². The first-order valence-corrected chi connectivity index (χ1v) is 12.0. The van der Waals surface area contributed by atoms with Crippen LogP contribution in [0.15, 0.2) is 0 Å². The summed E-state index contributed by atoms with van der Waals surface area (Å²) in [7, 11) is 0. The minimum Gasteiger partial charge on any atom is -0.393 e. The molecule has 0 amide bonds. The highest BCUT2D eigenvalue weighted by molar-refractivity contribution is 4.87. The van der Waals surface area contributed by atoms with Crippen molar-refractivity contribution in [3.05, 3.63) is 0 Å². The molecule has 1 N–H and O–H groups in total. The largest absolute Gasteiger partial charge is 0.393 e. The molecule has 2 aliphatic rings. The van der Waals surface area contributed by atoms with Crippen LogP contribution in [0.5, 0.6) is 0 Å². The third-order valence-electron chi connectivity index (χ3n) is 7.21. The number of aliphatic hydroxyl groups excluding tert-OH is 1. The van der Waals surface area contributed by atoms with Crippen molar-refractivity contribution in [3.63, 3.8) is 0 Å². The third-order valence-corrected chi connectivity index (χ3v) is 7.21. The summed E-state index contributed by atoms with van der Waals surface area (Å²) in [6.07, 6.45) is 30.1. The first-order valence-electron chi connectivity index (χ1n) is 12.0. The summed E-state index contributed by atoms with van der Waals surface area (Å²) in [6, 6.07) is 0. The van der Waals surface area contributed by atoms with Gasteiger partial charge >= 0.3 is 0 Å². The molecule has 0 saturated heterocycles. The Hall–Kier alpha value is -0.0400. The lowest BCUT2D eigenvalue weighted by Crippen LogP contribution is -2.35. The van der Waals surface area contributed by atoms with Gasteiger partial charge in [-0.2, -0.15) is 0 Å². The minimum atomic E-state index is -0.0313. The van der Waals surface area contributed by atoms with Crippen molar-refractivity contribution in [1.29, 1.82) is 0 Å². The van der Waals surface area contributed by atoms with Crippen molar-refractivity contribution in [2.45, 2.75) is 147 Å². The van der Waals surface area contributed by atoms with Gasteiger partial charge in [0.15, 0.2) is 0 Å². The maximum absolute atomic E-state index is 11.2.